The van der Waals surface area contributed by atoms with Crippen LogP contribution < -0.4 is 15.0 Å². The zero-order chi connectivity index (χ0) is 17.6. The van der Waals surface area contributed by atoms with E-state index in [1.165, 1.54) is 4.90 Å². The molecule has 1 aliphatic heterocycles. The molecular formula is C20H24N2O2S. The second kappa shape index (κ2) is 8.30. The van der Waals surface area contributed by atoms with Crippen molar-refractivity contribution in [2.75, 3.05) is 24.6 Å². The van der Waals surface area contributed by atoms with Crippen molar-refractivity contribution in [3.8, 4) is 5.75 Å². The molecule has 0 bridgehead atoms. The van der Waals surface area contributed by atoms with Crippen molar-refractivity contribution in [3.63, 3.8) is 0 Å². The number of fused-ring (bicyclic) bond motifs is 1. The molecule has 0 fully saturated rings. The SMILES string of the molecule is CCOc1ccccc1CNC(=O)CN1CC(C)Sc2ccccc21. The second-order valence-corrected chi connectivity index (χ2v) is 7.57. The molecule has 1 atom stereocenters. The zero-order valence-corrected chi connectivity index (χ0v) is 15.5. The van der Waals surface area contributed by atoms with E-state index in [2.05, 4.69) is 29.3 Å². The van der Waals surface area contributed by atoms with Crippen LogP contribution in [0.5, 0.6) is 5.75 Å². The third-order valence-corrected chi connectivity index (χ3v) is 5.25. The maximum Gasteiger partial charge on any atom is 0.239 e. The molecule has 1 amide bonds. The van der Waals surface area contributed by atoms with Crippen LogP contribution in [-0.2, 0) is 11.3 Å². The number of hydrogen-bond donors (Lipinski definition) is 1. The van der Waals surface area contributed by atoms with E-state index in [0.29, 0.717) is 24.9 Å². The highest BCUT2D eigenvalue weighted by atomic mass is 32.2. The molecule has 132 valence electrons. The van der Waals surface area contributed by atoms with Gasteiger partial charge in [0.2, 0.25) is 5.91 Å². The Bertz CT molecular complexity index is 735. The number of ether oxygens (including phenoxy) is 1. The van der Waals surface area contributed by atoms with Crippen LogP contribution in [0.1, 0.15) is 19.4 Å². The summed E-state index contributed by atoms with van der Waals surface area (Å²) in [6, 6.07) is 16.1. The highest BCUT2D eigenvalue weighted by molar-refractivity contribution is 8.00. The van der Waals surface area contributed by atoms with E-state index in [1.807, 2.05) is 55.1 Å². The summed E-state index contributed by atoms with van der Waals surface area (Å²) in [6.45, 7) is 6.51. The van der Waals surface area contributed by atoms with E-state index in [9.17, 15) is 4.79 Å². The first-order valence-corrected chi connectivity index (χ1v) is 9.53. The van der Waals surface area contributed by atoms with Crippen LogP contribution in [0.2, 0.25) is 0 Å². The Morgan fingerprint density at radius 3 is 2.84 bits per heavy atom. The molecule has 0 aliphatic carbocycles. The van der Waals surface area contributed by atoms with Crippen molar-refractivity contribution < 1.29 is 9.53 Å². The fraction of sp³-hybridized carbons (Fsp3) is 0.350. The Kier molecular flexibility index (Phi) is 5.87. The average molecular weight is 356 g/mol. The molecular weight excluding hydrogens is 332 g/mol. The summed E-state index contributed by atoms with van der Waals surface area (Å²) in [5, 5.41) is 3.50. The lowest BCUT2D eigenvalue weighted by atomic mass is 10.2. The van der Waals surface area contributed by atoms with Gasteiger partial charge in [0.25, 0.3) is 0 Å². The van der Waals surface area contributed by atoms with Crippen molar-refractivity contribution in [1.82, 2.24) is 5.32 Å². The second-order valence-electron chi connectivity index (χ2n) is 6.09. The Balaban J connectivity index is 1.62. The van der Waals surface area contributed by atoms with Gasteiger partial charge in [-0.05, 0) is 25.1 Å². The fourth-order valence-corrected chi connectivity index (χ4v) is 4.16. The van der Waals surface area contributed by atoms with Gasteiger partial charge < -0.3 is 15.0 Å². The molecule has 1 N–H and O–H groups in total. The van der Waals surface area contributed by atoms with E-state index in [-0.39, 0.29) is 5.91 Å². The minimum absolute atomic E-state index is 0.0280. The van der Waals surface area contributed by atoms with Gasteiger partial charge in [-0.25, -0.2) is 0 Å². The first-order valence-electron chi connectivity index (χ1n) is 8.65. The molecule has 3 rings (SSSR count). The first-order chi connectivity index (χ1) is 12.2. The molecule has 1 aliphatic rings. The summed E-state index contributed by atoms with van der Waals surface area (Å²) in [7, 11) is 0. The van der Waals surface area contributed by atoms with E-state index in [4.69, 9.17) is 4.74 Å². The number of thioether (sulfide) groups is 1. The number of nitrogens with one attached hydrogen (secondary N) is 1. The molecule has 2 aromatic carbocycles. The quantitative estimate of drug-likeness (QED) is 0.857. The van der Waals surface area contributed by atoms with E-state index >= 15 is 0 Å². The number of hydrogen-bond acceptors (Lipinski definition) is 4. The van der Waals surface area contributed by atoms with Gasteiger partial charge in [0, 0.05) is 28.8 Å². The van der Waals surface area contributed by atoms with Crippen LogP contribution in [0.4, 0.5) is 5.69 Å². The van der Waals surface area contributed by atoms with Crippen LogP contribution in [0.25, 0.3) is 0 Å². The van der Waals surface area contributed by atoms with E-state index in [1.54, 1.807) is 0 Å². The zero-order valence-electron chi connectivity index (χ0n) is 14.7. The van der Waals surface area contributed by atoms with Crippen LogP contribution in [0.3, 0.4) is 0 Å². The van der Waals surface area contributed by atoms with Crippen molar-refractivity contribution in [2.24, 2.45) is 0 Å². The lowest BCUT2D eigenvalue weighted by Gasteiger charge is -2.33. The van der Waals surface area contributed by atoms with Crippen molar-refractivity contribution in [3.05, 3.63) is 54.1 Å². The number of carbonyl (C=O) groups is 1. The predicted molar refractivity (Wildman–Crippen MR) is 103 cm³/mol. The molecule has 25 heavy (non-hydrogen) atoms. The Hall–Kier alpha value is -2.14. The normalized spacial score (nSPS) is 16.2. The summed E-state index contributed by atoms with van der Waals surface area (Å²) in [6.07, 6.45) is 0. The molecule has 0 radical (unpaired) electrons. The maximum absolute atomic E-state index is 12.5. The van der Waals surface area contributed by atoms with Crippen molar-refractivity contribution in [1.29, 1.82) is 0 Å². The summed E-state index contributed by atoms with van der Waals surface area (Å²) < 4.78 is 5.62. The van der Waals surface area contributed by atoms with Gasteiger partial charge in [-0.3, -0.25) is 4.79 Å². The topological polar surface area (TPSA) is 41.6 Å². The van der Waals surface area contributed by atoms with Gasteiger partial charge in [0.05, 0.1) is 18.8 Å². The van der Waals surface area contributed by atoms with E-state index in [0.717, 1.165) is 23.5 Å². The third-order valence-electron chi connectivity index (χ3n) is 4.09. The summed E-state index contributed by atoms with van der Waals surface area (Å²) in [5.74, 6) is 0.860. The van der Waals surface area contributed by atoms with Gasteiger partial charge >= 0.3 is 0 Å². The molecule has 4 nitrogen and oxygen atoms in total. The molecule has 5 heteroatoms. The van der Waals surface area contributed by atoms with Crippen molar-refractivity contribution >= 4 is 23.4 Å². The van der Waals surface area contributed by atoms with Gasteiger partial charge in [0.15, 0.2) is 0 Å². The van der Waals surface area contributed by atoms with Crippen LogP contribution in [0.15, 0.2) is 53.4 Å². The number of amides is 1. The first kappa shape index (κ1) is 17.7. The van der Waals surface area contributed by atoms with Gasteiger partial charge in [-0.1, -0.05) is 37.3 Å². The Morgan fingerprint density at radius 2 is 2.00 bits per heavy atom. The molecule has 1 unspecified atom stereocenters. The molecule has 1 heterocycles. The lowest BCUT2D eigenvalue weighted by molar-refractivity contribution is -0.119. The maximum atomic E-state index is 12.5. The Labute approximate surface area is 153 Å². The minimum Gasteiger partial charge on any atom is -0.494 e. The number of carbonyl (C=O) groups excluding carboxylic acids is 1. The standard InChI is InChI=1S/C20H24N2O2S/c1-3-24-18-10-6-4-8-16(18)12-21-20(23)14-22-13-15(2)25-19-11-7-5-9-17(19)22/h4-11,15H,3,12-14H2,1-2H3,(H,21,23). The predicted octanol–water partition coefficient (Wildman–Crippen LogP) is 3.70. The fourth-order valence-electron chi connectivity index (χ4n) is 3.00. The highest BCUT2D eigenvalue weighted by Crippen LogP contribution is 2.37. The third kappa shape index (κ3) is 4.48. The minimum atomic E-state index is 0.0280. The summed E-state index contributed by atoms with van der Waals surface area (Å²) >= 11 is 1.87. The van der Waals surface area contributed by atoms with Gasteiger partial charge in [0.1, 0.15) is 5.75 Å². The largest absolute Gasteiger partial charge is 0.494 e. The number of benzene rings is 2. The molecule has 0 spiro atoms. The highest BCUT2D eigenvalue weighted by Gasteiger charge is 2.23. The summed E-state index contributed by atoms with van der Waals surface area (Å²) in [4.78, 5) is 15.9. The number of anilines is 1. The number of para-hydroxylation sites is 2. The van der Waals surface area contributed by atoms with E-state index < -0.39 is 0 Å². The molecule has 0 aromatic heterocycles. The lowest BCUT2D eigenvalue weighted by Crippen LogP contribution is -2.41. The number of nitrogens with zero attached hydrogens (tertiary/aromatic N) is 1. The average Bonchev–Trinajstić information content (AvgIpc) is 2.61. The summed E-state index contributed by atoms with van der Waals surface area (Å²) in [5.41, 5.74) is 2.15. The van der Waals surface area contributed by atoms with Crippen molar-refractivity contribution in [2.45, 2.75) is 30.5 Å². The van der Waals surface area contributed by atoms with Crippen LogP contribution in [0, 0.1) is 0 Å². The Morgan fingerprint density at radius 1 is 1.24 bits per heavy atom. The number of rotatable bonds is 6. The molecule has 2 aromatic rings. The van der Waals surface area contributed by atoms with Gasteiger partial charge in [-0.2, -0.15) is 0 Å². The molecule has 0 saturated carbocycles. The van der Waals surface area contributed by atoms with Crippen LogP contribution >= 0.6 is 11.8 Å². The molecule has 0 saturated heterocycles. The smallest absolute Gasteiger partial charge is 0.239 e. The monoisotopic (exact) mass is 356 g/mol. The van der Waals surface area contributed by atoms with Crippen LogP contribution in [-0.4, -0.2) is 30.9 Å². The van der Waals surface area contributed by atoms with Gasteiger partial charge in [-0.15, -0.1) is 11.8 Å².